The predicted molar refractivity (Wildman–Crippen MR) is 346 cm³/mol. The minimum absolute atomic E-state index is 0.00437. The number of amides is 2. The highest BCUT2D eigenvalue weighted by molar-refractivity contribution is 7.46. The number of Topliss-reactive ketones (excluding diaryl/α,β-unsaturated/α-hetero) is 4. The Morgan fingerprint density at radius 3 is 1.07 bits per heavy atom. The molecule has 41 heteroatoms. The van der Waals surface area contributed by atoms with Gasteiger partial charge in [-0.25, -0.2) is 14.4 Å². The molecule has 3 aliphatic heterocycles. The summed E-state index contributed by atoms with van der Waals surface area (Å²) in [6, 6.07) is 0. The van der Waals surface area contributed by atoms with Crippen molar-refractivity contribution in [3.8, 4) is 0 Å². The van der Waals surface area contributed by atoms with E-state index in [-0.39, 0.29) is 165 Å². The van der Waals surface area contributed by atoms with E-state index in [9.17, 15) is 83.9 Å². The number of rotatable bonds is 60. The first-order valence-corrected chi connectivity index (χ1v) is 37.8. The monoisotopic (exact) mass is 1530 g/mol. The first kappa shape index (κ1) is 92.6. The lowest BCUT2D eigenvalue weighted by Crippen LogP contribution is -2.59. The van der Waals surface area contributed by atoms with Gasteiger partial charge in [0.1, 0.15) is 96.4 Å². The number of aliphatic hydroxyl groups is 9. The Hall–Kier alpha value is -2.61. The number of ketones is 4. The van der Waals surface area contributed by atoms with Gasteiger partial charge in [0.05, 0.1) is 59.5 Å². The zero-order chi connectivity index (χ0) is 74.8. The van der Waals surface area contributed by atoms with Gasteiger partial charge in [-0.05, 0) is 70.6 Å². The summed E-state index contributed by atoms with van der Waals surface area (Å²) >= 11 is 0. The van der Waals surface area contributed by atoms with Gasteiger partial charge in [0.2, 0.25) is 11.8 Å². The fourth-order valence-electron chi connectivity index (χ4n) is 10.4. The number of carbonyl (C=O) groups excluding carboxylic acids is 6. The molecule has 590 valence electrons. The van der Waals surface area contributed by atoms with Crippen molar-refractivity contribution >= 4 is 59.6 Å². The lowest BCUT2D eigenvalue weighted by atomic mass is 9.94. The van der Waals surface area contributed by atoms with Gasteiger partial charge in [-0.2, -0.15) is 4.67 Å². The normalized spacial score (nSPS) is 26.4. The second-order valence-electron chi connectivity index (χ2n) is 25.2. The van der Waals surface area contributed by atoms with Gasteiger partial charge in [0, 0.05) is 103 Å². The fraction of sp³-hybridized carbons (Fsp3) is 0.900. The van der Waals surface area contributed by atoms with Crippen molar-refractivity contribution in [3.05, 3.63) is 0 Å². The molecule has 0 bridgehead atoms. The third kappa shape index (κ3) is 40.8. The molecule has 0 saturated carbocycles. The van der Waals surface area contributed by atoms with Crippen molar-refractivity contribution in [1.29, 1.82) is 0 Å². The zero-order valence-electron chi connectivity index (χ0n) is 57.0. The minimum atomic E-state index is -4.90. The molecule has 3 rings (SSSR count). The first-order valence-electron chi connectivity index (χ1n) is 33.9. The van der Waals surface area contributed by atoms with Crippen LogP contribution < -0.4 is 10.6 Å². The van der Waals surface area contributed by atoms with Gasteiger partial charge in [-0.1, -0.05) is 24.8 Å². The Morgan fingerprint density at radius 1 is 0.396 bits per heavy atom. The largest absolute Gasteiger partial charge is 0.469 e. The number of hydrogen-bond donors (Lipinski definition) is 16. The highest BCUT2D eigenvalue weighted by Crippen LogP contribution is 2.38. The molecule has 16 N–H and O–H groups in total. The number of aliphatic hydroxyl groups excluding tert-OH is 9. The summed E-state index contributed by atoms with van der Waals surface area (Å²) in [5.74, 6) is -0.585. The zero-order valence-corrected chi connectivity index (χ0v) is 59.7. The molecule has 0 radical (unpaired) electrons. The third-order valence-corrected chi connectivity index (χ3v) is 17.6. The number of phosphoric ester groups is 2. The molecule has 3 heterocycles. The number of nitrogens with one attached hydrogen (secondary N) is 2. The average molecular weight is 1530 g/mol. The molecule has 2 amide bonds. The van der Waals surface area contributed by atoms with Gasteiger partial charge in [-0.15, -0.1) is 0 Å². The summed E-state index contributed by atoms with van der Waals surface area (Å²) in [5.41, 5.74) is -0.767. The van der Waals surface area contributed by atoms with Crippen LogP contribution in [0.15, 0.2) is 0 Å². The highest BCUT2D eigenvalue weighted by atomic mass is 31.2. The van der Waals surface area contributed by atoms with E-state index in [1.165, 1.54) is 0 Å². The van der Waals surface area contributed by atoms with Crippen molar-refractivity contribution < 1.29 is 175 Å². The molecular formula is C60H109N2O36P3. The minimum Gasteiger partial charge on any atom is -0.387 e. The van der Waals surface area contributed by atoms with Crippen LogP contribution >= 0.6 is 24.7 Å². The summed E-state index contributed by atoms with van der Waals surface area (Å²) in [7, 11) is -10.6. The molecule has 38 nitrogen and oxygen atoms in total. The average Bonchev–Trinajstić information content (AvgIpc) is 0.833. The second kappa shape index (κ2) is 51.6. The van der Waals surface area contributed by atoms with Crippen LogP contribution in [0.1, 0.15) is 155 Å². The van der Waals surface area contributed by atoms with Gasteiger partial charge in [0.15, 0.2) is 27.9 Å². The summed E-state index contributed by atoms with van der Waals surface area (Å²) in [6.45, 7) is 1.21. The Kier molecular flexibility index (Phi) is 47.3. The van der Waals surface area contributed by atoms with Gasteiger partial charge >= 0.3 is 15.6 Å². The Labute approximate surface area is 587 Å². The maximum atomic E-state index is 12.8. The lowest BCUT2D eigenvalue weighted by Gasteiger charge is -2.40. The topological polar surface area (TPSA) is 573 Å². The second-order valence-corrected chi connectivity index (χ2v) is 28.3. The number of hydrogen-bond acceptors (Lipinski definition) is 32. The molecule has 0 aromatic rings. The third-order valence-electron chi connectivity index (χ3n) is 16.2. The predicted octanol–water partition coefficient (Wildman–Crippen LogP) is -0.839. The molecule has 0 aromatic carbocycles. The van der Waals surface area contributed by atoms with E-state index in [1.54, 1.807) is 0 Å². The molecule has 0 spiro atoms. The van der Waals surface area contributed by atoms with Crippen LogP contribution in [0.3, 0.4) is 0 Å². The van der Waals surface area contributed by atoms with E-state index in [1.807, 2.05) is 6.92 Å². The van der Waals surface area contributed by atoms with E-state index in [4.69, 9.17) is 72.0 Å². The quantitative estimate of drug-likeness (QED) is 0.0153. The van der Waals surface area contributed by atoms with Crippen LogP contribution in [0, 0.1) is 5.41 Å². The highest BCUT2D eigenvalue weighted by Gasteiger charge is 2.47. The summed E-state index contributed by atoms with van der Waals surface area (Å²) in [5, 5.41) is 109. The van der Waals surface area contributed by atoms with E-state index >= 15 is 0 Å². The molecule has 101 heavy (non-hydrogen) atoms. The lowest BCUT2D eigenvalue weighted by molar-refractivity contribution is -0.438. The maximum absolute atomic E-state index is 12.8. The SMILES string of the molecule is CC(COCCC(=O)CCCCCC(=O)CCCCOC1OC(COP(=O)(O)O)C(O)C(O)C1O)(COCCC(=O)CCCCCC(=O)CCCCOC1OC(COP(=O)(O)O)C(O)C(O)C1O)COCCC(=O)NCCCNC(=O)CCCCOC1OC(COPOOO)C(O)C(O)C1O. The molecule has 16 unspecified atom stereocenters. The first-order chi connectivity index (χ1) is 47.9. The Balaban J connectivity index is 1.33. The van der Waals surface area contributed by atoms with Crippen LogP contribution in [-0.2, 0) is 104 Å². The summed E-state index contributed by atoms with van der Waals surface area (Å²) < 4.78 is 90.5. The molecule has 3 saturated heterocycles. The van der Waals surface area contributed by atoms with Crippen LogP contribution in [0.4, 0.5) is 0 Å². The van der Waals surface area contributed by atoms with Gasteiger partial charge in [-0.3, -0.25) is 37.8 Å². The Bertz CT molecular complexity index is 2330. The van der Waals surface area contributed by atoms with Crippen molar-refractivity contribution in [3.63, 3.8) is 0 Å². The van der Waals surface area contributed by atoms with Crippen LogP contribution in [-0.4, -0.2) is 290 Å². The fourth-order valence-corrected chi connectivity index (χ4v) is 11.4. The van der Waals surface area contributed by atoms with Crippen molar-refractivity contribution in [2.45, 2.75) is 247 Å². The molecule has 3 aliphatic rings. The van der Waals surface area contributed by atoms with Crippen LogP contribution in [0.25, 0.3) is 0 Å². The number of unbranched alkanes of at least 4 members (excludes halogenated alkanes) is 7. The number of phosphoric acid groups is 2. The molecule has 0 aromatic heterocycles. The maximum Gasteiger partial charge on any atom is 0.469 e. The van der Waals surface area contributed by atoms with Crippen molar-refractivity contribution in [2.24, 2.45) is 5.41 Å². The van der Waals surface area contributed by atoms with Gasteiger partial charge < -0.3 is 123 Å². The van der Waals surface area contributed by atoms with Crippen molar-refractivity contribution in [1.82, 2.24) is 10.6 Å². The summed E-state index contributed by atoms with van der Waals surface area (Å²) in [6.07, 6.45) is -14.3. The van der Waals surface area contributed by atoms with Crippen LogP contribution in [0.2, 0.25) is 0 Å². The molecule has 0 aliphatic carbocycles. The number of carbonyl (C=O) groups is 6. The Morgan fingerprint density at radius 2 is 0.713 bits per heavy atom. The standard InChI is InChI=1S/C60H109N2O36P3/c1-60(36-85-30-22-41(65)17-6-2-4-15-39(63)19-8-11-27-88-58-55(76)52(73)49(70)44(95-58)34-92-100(79,80)81,37-86-31-23-42(66)18-7-3-5-16-40(64)20-9-12-28-89-59-56(77)53(74)50(71)45(96-59)35-93-101(82,83)84)38-87-32-24-47(68)62-26-14-25-61-46(67)21-10-13-29-90-57-54(75)51(72)48(69)43(94-57)33-91-99-98-97-78/h43-45,48-59,69-78,99H,2-38H2,1H3,(H,61,67)(H,62,68)(H2,79,80,81)(H2,82,83,84). The van der Waals surface area contributed by atoms with E-state index < -0.39 is 135 Å². The van der Waals surface area contributed by atoms with Crippen LogP contribution in [0.5, 0.6) is 0 Å². The van der Waals surface area contributed by atoms with E-state index in [2.05, 4.69) is 29.4 Å². The smallest absolute Gasteiger partial charge is 0.387 e. The number of ether oxygens (including phenoxy) is 9. The van der Waals surface area contributed by atoms with Gasteiger partial charge in [0.25, 0.3) is 0 Å². The van der Waals surface area contributed by atoms with E-state index in [0.29, 0.717) is 96.3 Å². The molecule has 3 fully saturated rings. The summed E-state index contributed by atoms with van der Waals surface area (Å²) in [4.78, 5) is 112. The molecule has 16 atom stereocenters. The van der Waals surface area contributed by atoms with E-state index in [0.717, 1.165) is 0 Å². The van der Waals surface area contributed by atoms with Crippen molar-refractivity contribution in [2.75, 3.05) is 92.4 Å². The molecular weight excluding hydrogens is 1420 g/mol.